The minimum Gasteiger partial charge on any atom is -1.00 e. The molecule has 8 aliphatic rings. The van der Waals surface area contributed by atoms with Crippen LogP contribution in [0.25, 0.3) is 21.8 Å². The van der Waals surface area contributed by atoms with E-state index in [1.54, 1.807) is 99.6 Å². The summed E-state index contributed by atoms with van der Waals surface area (Å²) in [6.07, 6.45) is 14.8. The molecule has 3 radical (unpaired) electrons. The first-order valence-corrected chi connectivity index (χ1v) is 36.2. The van der Waals surface area contributed by atoms with Gasteiger partial charge in [-0.25, -0.2) is 19.6 Å². The normalized spacial score (nSPS) is 29.3. The standard InChI is InChI=1S/C38H48ClN3O8.C38H46ClN3O8.B.Na.H/c2*1-6-48-35(47)38-18-24(38)14-11-9-7-8-10-13-23(17-29(44)49-36(3,4)5)34(46)42-21-37(19-27(42)33(45)41-38)20-28(43)30-25-15-12-16-26(39)31(25)40-22(2)32(30)50-37;;;/h11-12,14-16,23-24,27-28,43H,6-10,13,17-21H2,1-5H3,(H,41,45);11-12,14-16,23-24,27H,6-10,13,17-21H2,1-5H3,(H,41,45);;;/q;;;+1;-1/b2*14-11-;;;/t23-,24-,27+,28?,37+,38-;23-,24-,27+,37+,38-;;;/m11.../s1. The molecule has 2 aliphatic carbocycles. The number of Topliss-reactive ketones (excluding diaryl/α,β-unsaturated/α-hetero) is 1. The van der Waals surface area contributed by atoms with Crippen LogP contribution >= 0.6 is 23.2 Å². The number of benzene rings is 2. The minimum absolute atomic E-state index is 0. The fourth-order valence-corrected chi connectivity index (χ4v) is 16.1. The number of nitrogens with zero attached hydrogens (tertiary/aromatic N) is 4. The van der Waals surface area contributed by atoms with Crippen LogP contribution in [-0.2, 0) is 57.3 Å². The summed E-state index contributed by atoms with van der Waals surface area (Å²) < 4.78 is 35.5. The number of aromatic nitrogens is 2. The van der Waals surface area contributed by atoms with E-state index in [1.807, 2.05) is 30.4 Å². The molecule has 2 saturated heterocycles. The molecule has 2 saturated carbocycles. The maximum atomic E-state index is 14.6. The zero-order valence-electron chi connectivity index (χ0n) is 61.6. The number of aliphatic hydroxyl groups excluding tert-OH is 1. The number of aliphatic hydroxyl groups is 1. The first-order valence-electron chi connectivity index (χ1n) is 35.5. The van der Waals surface area contributed by atoms with Crippen molar-refractivity contribution in [3.8, 4) is 11.5 Å². The monoisotopic (exact) mass is 1450 g/mol. The van der Waals surface area contributed by atoms with E-state index in [9.17, 15) is 48.3 Å². The van der Waals surface area contributed by atoms with Crippen molar-refractivity contribution in [2.24, 2.45) is 23.7 Å². The number of para-hydroxylation sites is 2. The number of carbonyl (C=O) groups excluding carboxylic acids is 9. The topological polar surface area (TPSA) is 286 Å². The van der Waals surface area contributed by atoms with Crippen molar-refractivity contribution in [3.63, 3.8) is 0 Å². The summed E-state index contributed by atoms with van der Waals surface area (Å²) in [5, 5.41) is 19.8. The molecule has 4 amide bonds. The number of amides is 4. The van der Waals surface area contributed by atoms with Gasteiger partial charge in [-0.1, -0.05) is 97.5 Å². The molecule has 1 unspecified atom stereocenters. The van der Waals surface area contributed by atoms with Crippen LogP contribution in [0.3, 0.4) is 0 Å². The number of fused-ring (bicyclic) bond motifs is 10. The van der Waals surface area contributed by atoms with Gasteiger partial charge >= 0.3 is 53.4 Å². The van der Waals surface area contributed by atoms with Gasteiger partial charge in [-0.05, 0) is 133 Å². The molecule has 11 atom stereocenters. The number of rotatable bonds is 8. The Morgan fingerprint density at radius 3 is 1.55 bits per heavy atom. The van der Waals surface area contributed by atoms with Crippen molar-refractivity contribution in [2.75, 3.05) is 26.3 Å². The first kappa shape index (κ1) is 79.5. The minimum atomic E-state index is -1.25. The molecule has 2 aromatic carbocycles. The predicted octanol–water partition coefficient (Wildman–Crippen LogP) is 8.20. The molecule has 8 heterocycles. The Balaban J connectivity index is 0.000000254. The maximum Gasteiger partial charge on any atom is 1.00 e. The second-order valence-electron chi connectivity index (χ2n) is 30.5. The molecule has 22 nitrogen and oxygen atoms in total. The van der Waals surface area contributed by atoms with Gasteiger partial charge in [0.25, 0.3) is 0 Å². The largest absolute Gasteiger partial charge is 1.00 e. The number of esters is 4. The SMILES string of the molecule is CCOC(=O)[C@@]12C[C@H]1/C=C\CCCCC[C@H](CC(=O)OC(C)(C)C)C(=O)N1C[C@@]3(CC(=O)c4c(c(C)nc5c(Cl)cccc45)O3)C[C@H]1C(=O)N2.CCOC(=O)[C@@]12C[C@H]1/C=C\CCCCC[C@H](CC(=O)OC(C)(C)C)C(=O)N1C[C@@]3(CC(O)c4c(c(C)nc5c(Cl)cccc45)O3)C[C@H]1C(=O)N2.[B].[H-].[Na+]. The van der Waals surface area contributed by atoms with Gasteiger partial charge in [0.15, 0.2) is 11.5 Å². The van der Waals surface area contributed by atoms with E-state index in [4.69, 9.17) is 56.6 Å². The maximum absolute atomic E-state index is 14.6. The summed E-state index contributed by atoms with van der Waals surface area (Å²) in [5.41, 5.74) is -3.37. The van der Waals surface area contributed by atoms with E-state index >= 15 is 0 Å². The van der Waals surface area contributed by atoms with Gasteiger partial charge in [-0.3, -0.25) is 33.6 Å². The number of ether oxygens (including phenoxy) is 6. The van der Waals surface area contributed by atoms with Gasteiger partial charge in [0, 0.05) is 67.7 Å². The van der Waals surface area contributed by atoms with Crippen LogP contribution in [0.4, 0.5) is 0 Å². The Kier molecular flexibility index (Phi) is 24.6. The van der Waals surface area contributed by atoms with E-state index in [2.05, 4.69) is 15.6 Å². The summed E-state index contributed by atoms with van der Waals surface area (Å²) in [6, 6.07) is 8.48. The summed E-state index contributed by atoms with van der Waals surface area (Å²) in [4.78, 5) is 137. The van der Waals surface area contributed by atoms with Gasteiger partial charge in [-0.2, -0.15) is 0 Å². The van der Waals surface area contributed by atoms with Crippen LogP contribution in [0.2, 0.25) is 10.0 Å². The number of pyridine rings is 2. The number of allylic oxidation sites excluding steroid dienone is 2. The number of hydrogen-bond donors (Lipinski definition) is 3. The van der Waals surface area contributed by atoms with E-state index in [-0.39, 0.29) is 134 Å². The molecular formula is C76H95BCl2N6NaO16. The third-order valence-electron chi connectivity index (χ3n) is 20.4. The van der Waals surface area contributed by atoms with Crippen molar-refractivity contribution >= 4 is 107 Å². The summed E-state index contributed by atoms with van der Waals surface area (Å²) in [5.74, 6) is -5.29. The van der Waals surface area contributed by atoms with Crippen molar-refractivity contribution < 1.29 is 108 Å². The van der Waals surface area contributed by atoms with Gasteiger partial charge in [0.05, 0.1) is 89.7 Å². The fraction of sp³-hybridized carbons (Fsp3) is 0.592. The number of aryl methyl sites for hydroxylation is 2. The van der Waals surface area contributed by atoms with Crippen LogP contribution in [0.15, 0.2) is 60.7 Å². The van der Waals surface area contributed by atoms with Crippen molar-refractivity contribution in [1.29, 1.82) is 0 Å². The molecule has 12 rings (SSSR count). The third-order valence-corrected chi connectivity index (χ3v) is 21.0. The summed E-state index contributed by atoms with van der Waals surface area (Å²) in [6.45, 7) is 17.9. The number of halogens is 2. The first-order chi connectivity index (χ1) is 47.3. The Bertz CT molecular complexity index is 4020. The van der Waals surface area contributed by atoms with Gasteiger partial charge in [0.1, 0.15) is 51.3 Å². The Labute approximate surface area is 631 Å². The van der Waals surface area contributed by atoms with E-state index in [0.29, 0.717) is 104 Å². The van der Waals surface area contributed by atoms with Crippen molar-refractivity contribution in [1.82, 2.24) is 30.4 Å². The molecular weight excluding hydrogens is 1360 g/mol. The van der Waals surface area contributed by atoms with Gasteiger partial charge < -0.3 is 55.4 Å². The average Bonchev–Trinajstić information content (AvgIpc) is 1.70. The fourth-order valence-electron chi connectivity index (χ4n) is 15.7. The number of carbonyl (C=O) groups is 9. The molecule has 26 heteroatoms. The summed E-state index contributed by atoms with van der Waals surface area (Å²) in [7, 11) is 0. The molecule has 3 N–H and O–H groups in total. The van der Waals surface area contributed by atoms with Gasteiger partial charge in [-0.15, -0.1) is 0 Å². The van der Waals surface area contributed by atoms with Crippen LogP contribution in [0.5, 0.6) is 11.5 Å². The van der Waals surface area contributed by atoms with Crippen LogP contribution in [-0.4, -0.2) is 158 Å². The predicted molar refractivity (Wildman–Crippen MR) is 379 cm³/mol. The number of hydrogen-bond acceptors (Lipinski definition) is 18. The smallest absolute Gasteiger partial charge is 1.00 e. The van der Waals surface area contributed by atoms with Crippen LogP contribution in [0, 0.1) is 37.5 Å². The molecule has 543 valence electrons. The van der Waals surface area contributed by atoms with E-state index in [1.165, 1.54) is 9.80 Å². The molecule has 0 bridgehead atoms. The molecule has 6 aliphatic heterocycles. The van der Waals surface area contributed by atoms with Crippen molar-refractivity contribution in [2.45, 2.75) is 236 Å². The number of ketones is 1. The molecule has 2 spiro atoms. The van der Waals surface area contributed by atoms with E-state index in [0.717, 1.165) is 38.5 Å². The zero-order chi connectivity index (χ0) is 72.0. The molecule has 102 heavy (non-hydrogen) atoms. The third kappa shape index (κ3) is 16.9. The Morgan fingerprint density at radius 1 is 0.627 bits per heavy atom. The second-order valence-corrected chi connectivity index (χ2v) is 31.3. The quantitative estimate of drug-likeness (QED) is 0.0648. The van der Waals surface area contributed by atoms with E-state index < -0.39 is 99.2 Å². The second kappa shape index (κ2) is 31.6. The summed E-state index contributed by atoms with van der Waals surface area (Å²) >= 11 is 12.9. The molecule has 4 fully saturated rings. The van der Waals surface area contributed by atoms with Crippen LogP contribution < -0.4 is 49.7 Å². The average molecular weight is 1450 g/mol. The molecule has 2 aromatic heterocycles. The van der Waals surface area contributed by atoms with Crippen molar-refractivity contribution in [3.05, 3.63) is 93.3 Å². The Morgan fingerprint density at radius 2 is 1.07 bits per heavy atom. The molecule has 4 aromatic rings. The Hall–Kier alpha value is -6.63. The number of nitrogens with one attached hydrogen (secondary N) is 2. The van der Waals surface area contributed by atoms with Gasteiger partial charge in [0.2, 0.25) is 23.6 Å². The zero-order valence-corrected chi connectivity index (χ0v) is 64.1. The van der Waals surface area contributed by atoms with Crippen LogP contribution in [0.1, 0.15) is 206 Å².